The summed E-state index contributed by atoms with van der Waals surface area (Å²) in [6.07, 6.45) is 0. The van der Waals surface area contributed by atoms with E-state index in [2.05, 4.69) is 267 Å². The summed E-state index contributed by atoms with van der Waals surface area (Å²) in [5.74, 6) is 1.39. The van der Waals surface area contributed by atoms with E-state index >= 15 is 0 Å². The number of para-hydroxylation sites is 1. The van der Waals surface area contributed by atoms with Crippen molar-refractivity contribution in [2.24, 2.45) is 0 Å². The van der Waals surface area contributed by atoms with Gasteiger partial charge in [0.25, 0.3) is 0 Å². The van der Waals surface area contributed by atoms with Gasteiger partial charge in [0.1, 0.15) is 10.0 Å². The molecule has 8 heteroatoms. The van der Waals surface area contributed by atoms with E-state index in [4.69, 9.17) is 29.9 Å². The summed E-state index contributed by atoms with van der Waals surface area (Å²) in [5.41, 5.74) is 23.2. The van der Waals surface area contributed by atoms with Crippen LogP contribution in [0.3, 0.4) is 0 Å². The van der Waals surface area contributed by atoms with Crippen LogP contribution in [0, 0.1) is 0 Å². The molecule has 90 heavy (non-hydrogen) atoms. The van der Waals surface area contributed by atoms with Gasteiger partial charge in [-0.2, -0.15) is 0 Å². The van der Waals surface area contributed by atoms with Gasteiger partial charge in [-0.1, -0.05) is 303 Å². The molecule has 0 spiro atoms. The molecule has 0 aliphatic heterocycles. The minimum absolute atomic E-state index is 0.685. The fraction of sp³-hybridized carbons (Fsp3) is 0. The van der Waals surface area contributed by atoms with Gasteiger partial charge in [-0.3, -0.25) is 0 Å². The van der Waals surface area contributed by atoms with Gasteiger partial charge in [0, 0.05) is 55.6 Å². The third kappa shape index (κ3) is 11.7. The maximum Gasteiger partial charge on any atom is 0.161 e. The summed E-state index contributed by atoms with van der Waals surface area (Å²) in [6, 6.07) is 113. The fourth-order valence-electron chi connectivity index (χ4n) is 11.3. The molecule has 0 radical (unpaired) electrons. The summed E-state index contributed by atoms with van der Waals surface area (Å²) in [5, 5.41) is 2.05. The highest BCUT2D eigenvalue weighted by molar-refractivity contribution is 7.22. The Morgan fingerprint density at radius 3 is 1.04 bits per heavy atom. The van der Waals surface area contributed by atoms with Gasteiger partial charge in [-0.15, -0.1) is 22.7 Å². The van der Waals surface area contributed by atoms with E-state index in [0.29, 0.717) is 11.6 Å². The number of aromatic nitrogens is 6. The minimum atomic E-state index is 0.685. The minimum Gasteiger partial charge on any atom is -0.236 e. The molecule has 0 N–H and O–H groups in total. The Morgan fingerprint density at radius 2 is 0.544 bits per heavy atom. The van der Waals surface area contributed by atoms with Crippen LogP contribution in [0.5, 0.6) is 0 Å². The second kappa shape index (κ2) is 25.1. The molecule has 424 valence electrons. The van der Waals surface area contributed by atoms with E-state index in [1.807, 2.05) is 60.7 Å². The SMILES string of the molecule is c1ccc(-c2ccc(-c3cc(-c4ccccc4)nc(-c4ccc(-c5cccc6nc(-c7ccccc7)sc56)cc4)n3)cc2)cc1.c1ccc(-c2ccc(-c3cc(-c4ccccc4)nc(-c4ccccc4-c4cccc5sc(-c6ccccc6)nc45)n3)cc2)cc1. The Labute approximate surface area is 530 Å². The van der Waals surface area contributed by atoms with E-state index in [1.165, 1.54) is 32.5 Å². The average molecular weight is 1190 g/mol. The summed E-state index contributed by atoms with van der Waals surface area (Å²) in [4.78, 5) is 30.5. The maximum atomic E-state index is 5.19. The van der Waals surface area contributed by atoms with Crippen molar-refractivity contribution in [3.05, 3.63) is 328 Å². The number of benzene rings is 12. The summed E-state index contributed by atoms with van der Waals surface area (Å²) >= 11 is 3.45. The first-order valence-corrected chi connectivity index (χ1v) is 31.5. The molecule has 0 atom stereocenters. The molecule has 6 nitrogen and oxygen atoms in total. The molecule has 0 saturated heterocycles. The predicted octanol–water partition coefficient (Wildman–Crippen LogP) is 22.2. The van der Waals surface area contributed by atoms with Crippen LogP contribution in [0.25, 0.3) is 154 Å². The van der Waals surface area contributed by atoms with Crippen LogP contribution in [0.4, 0.5) is 0 Å². The van der Waals surface area contributed by atoms with Crippen molar-refractivity contribution in [2.75, 3.05) is 0 Å². The predicted molar refractivity (Wildman–Crippen MR) is 376 cm³/mol. The van der Waals surface area contributed by atoms with Crippen molar-refractivity contribution >= 4 is 43.1 Å². The zero-order chi connectivity index (χ0) is 60.0. The Morgan fingerprint density at radius 1 is 0.200 bits per heavy atom. The van der Waals surface area contributed by atoms with Crippen LogP contribution in [0.15, 0.2) is 328 Å². The summed E-state index contributed by atoms with van der Waals surface area (Å²) < 4.78 is 2.34. The van der Waals surface area contributed by atoms with E-state index < -0.39 is 0 Å². The van der Waals surface area contributed by atoms with Gasteiger partial charge in [0.05, 0.1) is 43.2 Å². The van der Waals surface area contributed by atoms with Crippen LogP contribution in [0.2, 0.25) is 0 Å². The lowest BCUT2D eigenvalue weighted by Crippen LogP contribution is -1.97. The van der Waals surface area contributed by atoms with E-state index in [9.17, 15) is 0 Å². The van der Waals surface area contributed by atoms with Gasteiger partial charge in [-0.25, -0.2) is 29.9 Å². The van der Waals surface area contributed by atoms with Gasteiger partial charge >= 0.3 is 0 Å². The van der Waals surface area contributed by atoms with Crippen molar-refractivity contribution in [1.82, 2.24) is 29.9 Å². The second-order valence-corrected chi connectivity index (χ2v) is 23.8. The fourth-order valence-corrected chi connectivity index (χ4v) is 13.4. The van der Waals surface area contributed by atoms with Crippen LogP contribution in [-0.2, 0) is 0 Å². The molecule has 0 amide bonds. The third-order valence-corrected chi connectivity index (χ3v) is 18.2. The number of hydrogen-bond acceptors (Lipinski definition) is 8. The van der Waals surface area contributed by atoms with Gasteiger partial charge in [-0.05, 0) is 57.6 Å². The zero-order valence-corrected chi connectivity index (χ0v) is 50.3. The third-order valence-electron chi connectivity index (χ3n) is 16.0. The smallest absolute Gasteiger partial charge is 0.161 e. The average Bonchev–Trinajstić information content (AvgIpc) is 1.56. The molecule has 0 bridgehead atoms. The van der Waals surface area contributed by atoms with E-state index in [1.54, 1.807) is 22.7 Å². The first kappa shape index (κ1) is 55.2. The van der Waals surface area contributed by atoms with Crippen molar-refractivity contribution in [3.8, 4) is 133 Å². The molecular formula is C82H54N6S2. The molecule has 0 aliphatic rings. The number of thiazole rings is 2. The van der Waals surface area contributed by atoms with Gasteiger partial charge in [0.2, 0.25) is 0 Å². The molecule has 4 heterocycles. The number of fused-ring (bicyclic) bond motifs is 2. The van der Waals surface area contributed by atoms with Crippen LogP contribution >= 0.6 is 22.7 Å². The topological polar surface area (TPSA) is 77.3 Å². The number of rotatable bonds is 12. The Balaban J connectivity index is 0.000000150. The molecule has 16 aromatic rings. The Bertz CT molecular complexity index is 5120. The first-order chi connectivity index (χ1) is 44.6. The van der Waals surface area contributed by atoms with E-state index in [0.717, 1.165) is 110 Å². The van der Waals surface area contributed by atoms with Crippen LogP contribution in [0.1, 0.15) is 0 Å². The van der Waals surface area contributed by atoms with Gasteiger partial charge < -0.3 is 0 Å². The molecule has 4 aromatic heterocycles. The van der Waals surface area contributed by atoms with Crippen molar-refractivity contribution in [1.29, 1.82) is 0 Å². The van der Waals surface area contributed by atoms with Crippen molar-refractivity contribution in [3.63, 3.8) is 0 Å². The maximum absolute atomic E-state index is 5.19. The number of hydrogen-bond donors (Lipinski definition) is 0. The zero-order valence-electron chi connectivity index (χ0n) is 48.7. The van der Waals surface area contributed by atoms with Crippen molar-refractivity contribution in [2.45, 2.75) is 0 Å². The normalized spacial score (nSPS) is 11.1. The molecule has 0 saturated carbocycles. The second-order valence-electron chi connectivity index (χ2n) is 21.7. The Kier molecular flexibility index (Phi) is 15.4. The summed E-state index contributed by atoms with van der Waals surface area (Å²) in [6.45, 7) is 0. The monoisotopic (exact) mass is 1190 g/mol. The lowest BCUT2D eigenvalue weighted by atomic mass is 9.97. The molecular weight excluding hydrogens is 1130 g/mol. The highest BCUT2D eigenvalue weighted by atomic mass is 32.1. The first-order valence-electron chi connectivity index (χ1n) is 29.9. The summed E-state index contributed by atoms with van der Waals surface area (Å²) in [7, 11) is 0. The molecule has 0 fully saturated rings. The standard InChI is InChI=1S/2C41H27N3S/c1-4-13-28(14-5-1)29-23-25-31(26-24-29)37-27-36(30-15-6-2-7-16-30)42-40(43-37)35-20-11-10-19-33(35)34-21-12-22-38-39(34)44-41(45-38)32-17-8-3-9-18-32;1-4-11-28(12-5-1)29-19-23-32(24-20-29)38-27-37(31-13-6-2-7-14-31)42-40(43-38)33-25-21-30(22-26-33)35-17-10-18-36-39(35)45-41(44-36)34-15-8-3-9-16-34/h2*1-27H. The Hall–Kier alpha value is -11.4. The lowest BCUT2D eigenvalue weighted by Gasteiger charge is -2.13. The lowest BCUT2D eigenvalue weighted by molar-refractivity contribution is 1.18. The van der Waals surface area contributed by atoms with Gasteiger partial charge in [0.15, 0.2) is 11.6 Å². The molecule has 0 unspecified atom stereocenters. The quantitative estimate of drug-likeness (QED) is 0.121. The molecule has 12 aromatic carbocycles. The van der Waals surface area contributed by atoms with Crippen LogP contribution in [-0.4, -0.2) is 29.9 Å². The highest BCUT2D eigenvalue weighted by Crippen LogP contribution is 2.42. The molecule has 16 rings (SSSR count). The number of nitrogens with zero attached hydrogens (tertiary/aromatic N) is 6. The molecule has 0 aliphatic carbocycles. The van der Waals surface area contributed by atoms with Crippen molar-refractivity contribution < 1.29 is 0 Å². The van der Waals surface area contributed by atoms with E-state index in [-0.39, 0.29) is 0 Å². The van der Waals surface area contributed by atoms with Crippen LogP contribution < -0.4 is 0 Å². The largest absolute Gasteiger partial charge is 0.236 e. The highest BCUT2D eigenvalue weighted by Gasteiger charge is 2.19.